The molecular weight excluding hydrogens is 240 g/mol. The second-order valence-electron chi connectivity index (χ2n) is 6.51. The Labute approximate surface area is 114 Å². The molecular formula is C15H22N2O2. The molecule has 0 aromatic heterocycles. The maximum Gasteiger partial charge on any atom is 0.408 e. The summed E-state index contributed by atoms with van der Waals surface area (Å²) in [5, 5.41) is 6.38. The third-order valence-electron chi connectivity index (χ3n) is 3.11. The van der Waals surface area contributed by atoms with E-state index in [2.05, 4.69) is 24.5 Å². The molecule has 4 heteroatoms. The van der Waals surface area contributed by atoms with Crippen LogP contribution in [0.5, 0.6) is 0 Å². The normalized spacial score (nSPS) is 20.4. The molecule has 19 heavy (non-hydrogen) atoms. The van der Waals surface area contributed by atoms with Gasteiger partial charge in [0.05, 0.1) is 11.6 Å². The zero-order valence-corrected chi connectivity index (χ0v) is 12.2. The first kappa shape index (κ1) is 13.7. The fourth-order valence-electron chi connectivity index (χ4n) is 2.35. The molecule has 0 saturated heterocycles. The van der Waals surface area contributed by atoms with Crippen LogP contribution in [0.3, 0.4) is 0 Å². The molecule has 2 rings (SSSR count). The molecule has 1 aromatic carbocycles. The van der Waals surface area contributed by atoms with Crippen molar-refractivity contribution in [3.8, 4) is 0 Å². The summed E-state index contributed by atoms with van der Waals surface area (Å²) in [5.41, 5.74) is 1.44. The Bertz CT molecular complexity index is 489. The van der Waals surface area contributed by atoms with Crippen molar-refractivity contribution in [2.24, 2.45) is 0 Å². The summed E-state index contributed by atoms with van der Waals surface area (Å²) in [6.07, 6.45) is -0.385. The molecule has 0 fully saturated rings. The van der Waals surface area contributed by atoms with Gasteiger partial charge in [0.25, 0.3) is 0 Å². The van der Waals surface area contributed by atoms with Crippen LogP contribution in [0, 0.1) is 0 Å². The van der Waals surface area contributed by atoms with E-state index in [9.17, 15) is 4.79 Å². The number of fused-ring (bicyclic) bond motifs is 1. The standard InChI is InChI=1S/C15H22N2O2/c1-14(2,3)19-13(18)16-12-10-8-6-7-9-11(10)17-15(12,4)5/h6-9,12,17H,1-5H3,(H,16,18)/t12-/m1/s1. The summed E-state index contributed by atoms with van der Waals surface area (Å²) in [7, 11) is 0. The molecule has 1 amide bonds. The van der Waals surface area contributed by atoms with Crippen LogP contribution in [0.15, 0.2) is 24.3 Å². The highest BCUT2D eigenvalue weighted by atomic mass is 16.6. The SMILES string of the molecule is CC(C)(C)OC(=O)N[C@@H]1c2ccccc2NC1(C)C. The maximum atomic E-state index is 12.0. The number of alkyl carbamates (subject to hydrolysis) is 1. The van der Waals surface area contributed by atoms with Gasteiger partial charge in [-0.15, -0.1) is 0 Å². The Morgan fingerprint density at radius 3 is 2.58 bits per heavy atom. The van der Waals surface area contributed by atoms with Crippen LogP contribution in [0.1, 0.15) is 46.2 Å². The van der Waals surface area contributed by atoms with E-state index in [0.717, 1.165) is 11.3 Å². The van der Waals surface area contributed by atoms with Gasteiger partial charge in [-0.3, -0.25) is 0 Å². The Kier molecular flexibility index (Phi) is 3.20. The van der Waals surface area contributed by atoms with E-state index in [1.165, 1.54) is 0 Å². The van der Waals surface area contributed by atoms with Gasteiger partial charge in [0.15, 0.2) is 0 Å². The van der Waals surface area contributed by atoms with Crippen molar-refractivity contribution in [1.82, 2.24) is 5.32 Å². The molecule has 0 radical (unpaired) electrons. The van der Waals surface area contributed by atoms with Gasteiger partial charge in [0, 0.05) is 11.3 Å². The number of carbonyl (C=O) groups excluding carboxylic acids is 1. The molecule has 1 heterocycles. The van der Waals surface area contributed by atoms with Crippen LogP contribution < -0.4 is 10.6 Å². The van der Waals surface area contributed by atoms with Gasteiger partial charge < -0.3 is 15.4 Å². The molecule has 4 nitrogen and oxygen atoms in total. The molecule has 1 aliphatic rings. The summed E-state index contributed by atoms with van der Waals surface area (Å²) in [4.78, 5) is 12.0. The van der Waals surface area contributed by atoms with E-state index in [1.807, 2.05) is 45.0 Å². The first-order valence-electron chi connectivity index (χ1n) is 6.56. The average molecular weight is 262 g/mol. The number of benzene rings is 1. The van der Waals surface area contributed by atoms with Crippen molar-refractivity contribution >= 4 is 11.8 Å². The van der Waals surface area contributed by atoms with Gasteiger partial charge in [-0.1, -0.05) is 18.2 Å². The molecule has 0 unspecified atom stereocenters. The highest BCUT2D eigenvalue weighted by molar-refractivity contribution is 5.71. The van der Waals surface area contributed by atoms with E-state index in [-0.39, 0.29) is 17.7 Å². The first-order valence-corrected chi connectivity index (χ1v) is 6.56. The van der Waals surface area contributed by atoms with Crippen molar-refractivity contribution in [3.63, 3.8) is 0 Å². The third kappa shape index (κ3) is 3.00. The molecule has 0 aliphatic carbocycles. The van der Waals surface area contributed by atoms with Crippen molar-refractivity contribution in [3.05, 3.63) is 29.8 Å². The van der Waals surface area contributed by atoms with E-state index < -0.39 is 5.60 Å². The van der Waals surface area contributed by atoms with Gasteiger partial charge in [0.2, 0.25) is 0 Å². The minimum absolute atomic E-state index is 0.0986. The monoisotopic (exact) mass is 262 g/mol. The van der Waals surface area contributed by atoms with Crippen molar-refractivity contribution in [2.45, 2.75) is 51.8 Å². The van der Waals surface area contributed by atoms with Gasteiger partial charge >= 0.3 is 6.09 Å². The van der Waals surface area contributed by atoms with E-state index in [4.69, 9.17) is 4.74 Å². The van der Waals surface area contributed by atoms with Gasteiger partial charge in [0.1, 0.15) is 5.60 Å². The fourth-order valence-corrected chi connectivity index (χ4v) is 2.35. The molecule has 104 valence electrons. The van der Waals surface area contributed by atoms with Crippen LogP contribution in [0.25, 0.3) is 0 Å². The molecule has 0 bridgehead atoms. The van der Waals surface area contributed by atoms with Crippen LogP contribution in [0.2, 0.25) is 0 Å². The molecule has 0 saturated carbocycles. The topological polar surface area (TPSA) is 50.4 Å². The summed E-state index contributed by atoms with van der Waals surface area (Å²) >= 11 is 0. The number of carbonyl (C=O) groups is 1. The zero-order chi connectivity index (χ0) is 14.3. The lowest BCUT2D eigenvalue weighted by Crippen LogP contribution is -2.44. The maximum absolute atomic E-state index is 12.0. The number of anilines is 1. The molecule has 0 spiro atoms. The van der Waals surface area contributed by atoms with Crippen molar-refractivity contribution in [1.29, 1.82) is 0 Å². The molecule has 1 aromatic rings. The van der Waals surface area contributed by atoms with E-state index in [0.29, 0.717) is 0 Å². The second kappa shape index (κ2) is 4.44. The third-order valence-corrected chi connectivity index (χ3v) is 3.11. The quantitative estimate of drug-likeness (QED) is 0.815. The average Bonchev–Trinajstić information content (AvgIpc) is 2.47. The predicted molar refractivity (Wildman–Crippen MR) is 76.3 cm³/mol. The van der Waals surface area contributed by atoms with Crippen LogP contribution in [-0.4, -0.2) is 17.2 Å². The molecule has 1 aliphatic heterocycles. The number of ether oxygens (including phenoxy) is 1. The van der Waals surface area contributed by atoms with Crippen LogP contribution in [0.4, 0.5) is 10.5 Å². The van der Waals surface area contributed by atoms with Gasteiger partial charge in [-0.05, 0) is 40.7 Å². The Hall–Kier alpha value is -1.71. The number of hydrogen-bond acceptors (Lipinski definition) is 3. The Morgan fingerprint density at radius 2 is 1.95 bits per heavy atom. The largest absolute Gasteiger partial charge is 0.444 e. The fraction of sp³-hybridized carbons (Fsp3) is 0.533. The summed E-state index contributed by atoms with van der Waals surface area (Å²) in [5.74, 6) is 0. The second-order valence-corrected chi connectivity index (χ2v) is 6.51. The predicted octanol–water partition coefficient (Wildman–Crippen LogP) is 3.46. The number of hydrogen-bond donors (Lipinski definition) is 2. The van der Waals surface area contributed by atoms with Crippen molar-refractivity contribution < 1.29 is 9.53 Å². The number of rotatable bonds is 1. The Balaban J connectivity index is 2.17. The van der Waals surface area contributed by atoms with Crippen molar-refractivity contribution in [2.75, 3.05) is 5.32 Å². The number of amides is 1. The lowest BCUT2D eigenvalue weighted by molar-refractivity contribution is 0.0489. The summed E-state index contributed by atoms with van der Waals surface area (Å²) < 4.78 is 5.33. The number of para-hydroxylation sites is 1. The smallest absolute Gasteiger partial charge is 0.408 e. The zero-order valence-electron chi connectivity index (χ0n) is 12.2. The Morgan fingerprint density at radius 1 is 1.32 bits per heavy atom. The molecule has 1 atom stereocenters. The van der Waals surface area contributed by atoms with Gasteiger partial charge in [-0.25, -0.2) is 4.79 Å². The lowest BCUT2D eigenvalue weighted by Gasteiger charge is -2.30. The van der Waals surface area contributed by atoms with Crippen LogP contribution in [-0.2, 0) is 4.74 Å². The lowest BCUT2D eigenvalue weighted by atomic mass is 9.93. The molecule has 2 N–H and O–H groups in total. The minimum atomic E-state index is -0.486. The highest BCUT2D eigenvalue weighted by Crippen LogP contribution is 2.40. The van der Waals surface area contributed by atoms with E-state index in [1.54, 1.807) is 0 Å². The minimum Gasteiger partial charge on any atom is -0.444 e. The highest BCUT2D eigenvalue weighted by Gasteiger charge is 2.40. The first-order chi connectivity index (χ1) is 8.69. The summed E-state index contributed by atoms with van der Waals surface area (Å²) in [6.45, 7) is 9.71. The van der Waals surface area contributed by atoms with Gasteiger partial charge in [-0.2, -0.15) is 0 Å². The summed E-state index contributed by atoms with van der Waals surface area (Å²) in [6, 6.07) is 7.91. The van der Waals surface area contributed by atoms with Crippen LogP contribution >= 0.6 is 0 Å². The number of nitrogens with one attached hydrogen (secondary N) is 2. The van der Waals surface area contributed by atoms with E-state index >= 15 is 0 Å².